The number of hydrogen-bond acceptors (Lipinski definition) is 3. The van der Waals surface area contributed by atoms with Crippen molar-refractivity contribution < 1.29 is 22.3 Å². The number of carboxylic acid groups (broad SMARTS) is 1. The van der Waals surface area contributed by atoms with Crippen LogP contribution >= 0.6 is 0 Å². The Hall–Kier alpha value is 0.252. The average molecular weight is 136 g/mol. The molecule has 0 aromatic carbocycles. The zero-order chi connectivity index (χ0) is 4.28. The highest BCUT2D eigenvalue weighted by molar-refractivity contribution is 5.75. The molecular weight excluding hydrogens is 132 g/mol. The lowest BCUT2D eigenvalue weighted by molar-refractivity contribution is -0.303. The fourth-order valence-electron chi connectivity index (χ4n) is 0. The Kier molecular flexibility index (Phi) is 21.4. The largest absolute Gasteiger partial charge is 1.00 e. The van der Waals surface area contributed by atoms with Gasteiger partial charge in [-0.05, 0) is 0 Å². The van der Waals surface area contributed by atoms with Crippen LogP contribution in [0.15, 0.2) is 0 Å². The predicted octanol–water partition coefficient (Wildman–Crippen LogP) is -5.68. The lowest BCUT2D eigenvalue weighted by Gasteiger charge is -1.87. The molecule has 0 heterocycles. The van der Waals surface area contributed by atoms with Crippen LogP contribution in [0.5, 0.6) is 0 Å². The molecule has 0 aromatic heterocycles. The summed E-state index contributed by atoms with van der Waals surface area (Å²) < 4.78 is 0. The van der Waals surface area contributed by atoms with Crippen molar-refractivity contribution in [3.05, 3.63) is 0 Å². The Morgan fingerprint density at radius 1 is 1.71 bits per heavy atom. The molecule has 0 fully saturated rings. The second-order valence-electron chi connectivity index (χ2n) is 0.576. The third kappa shape index (κ3) is 22.3. The van der Waals surface area contributed by atoms with Gasteiger partial charge in [0, 0.05) is 23.9 Å². The second kappa shape index (κ2) is 9.54. The van der Waals surface area contributed by atoms with Crippen LogP contribution in [0.1, 0.15) is 0 Å². The molecule has 0 saturated heterocycles. The summed E-state index contributed by atoms with van der Waals surface area (Å²) in [7, 11) is 0. The van der Waals surface area contributed by atoms with Crippen LogP contribution in [0.25, 0.3) is 0 Å². The molecule has 3 nitrogen and oxygen atoms in total. The first-order chi connectivity index (χ1) is 2.27. The van der Waals surface area contributed by atoms with Gasteiger partial charge in [-0.2, -0.15) is 0 Å². The van der Waals surface area contributed by atoms with E-state index in [0.29, 0.717) is 0 Å². The SMILES string of the molecule is NCC(=O)[O-].[Al].[Cl-]. The first-order valence-electron chi connectivity index (χ1n) is 1.17. The van der Waals surface area contributed by atoms with E-state index in [1.807, 2.05) is 0 Å². The predicted molar refractivity (Wildman–Crippen MR) is 19.8 cm³/mol. The number of nitrogens with two attached hydrogens (primary N) is 1. The van der Waals surface area contributed by atoms with Crippen LogP contribution in [-0.4, -0.2) is 29.9 Å². The second-order valence-corrected chi connectivity index (χ2v) is 0.576. The molecule has 0 aromatic rings. The minimum Gasteiger partial charge on any atom is -1.00 e. The van der Waals surface area contributed by atoms with Gasteiger partial charge in [0.2, 0.25) is 0 Å². The summed E-state index contributed by atoms with van der Waals surface area (Å²) in [6.45, 7) is -0.389. The lowest BCUT2D eigenvalue weighted by atomic mass is 10.7. The summed E-state index contributed by atoms with van der Waals surface area (Å²) in [5, 5.41) is 9.13. The third-order valence-corrected chi connectivity index (χ3v) is 0.167. The van der Waals surface area contributed by atoms with E-state index < -0.39 is 5.97 Å². The van der Waals surface area contributed by atoms with Gasteiger partial charge in [-0.15, -0.1) is 0 Å². The molecule has 2 N–H and O–H groups in total. The van der Waals surface area contributed by atoms with Crippen molar-refractivity contribution in [2.45, 2.75) is 0 Å². The van der Waals surface area contributed by atoms with Gasteiger partial charge in [-0.1, -0.05) is 0 Å². The van der Waals surface area contributed by atoms with Gasteiger partial charge in [0.1, 0.15) is 0 Å². The maximum Gasteiger partial charge on any atom is 0.0550 e. The molecule has 0 bridgehead atoms. The first kappa shape index (κ1) is 15.7. The van der Waals surface area contributed by atoms with Crippen molar-refractivity contribution >= 4 is 23.3 Å². The zero-order valence-electron chi connectivity index (χ0n) is 3.56. The van der Waals surface area contributed by atoms with Gasteiger partial charge < -0.3 is 28.0 Å². The maximum atomic E-state index is 9.13. The molecule has 0 aliphatic carbocycles. The van der Waals surface area contributed by atoms with E-state index in [9.17, 15) is 0 Å². The average Bonchev–Trinajstić information content (AvgIpc) is 1.38. The summed E-state index contributed by atoms with van der Waals surface area (Å²) in [5.41, 5.74) is 4.51. The van der Waals surface area contributed by atoms with Crippen LogP contribution in [0.3, 0.4) is 0 Å². The Bertz CT molecular complexity index is 51.0. The minimum atomic E-state index is -1.22. The highest BCUT2D eigenvalue weighted by Crippen LogP contribution is 1.33. The number of carboxylic acids is 1. The van der Waals surface area contributed by atoms with Gasteiger partial charge in [-0.25, -0.2) is 0 Å². The summed E-state index contributed by atoms with van der Waals surface area (Å²) in [5.74, 6) is -1.22. The number of carbonyl (C=O) groups is 1. The number of carbonyl (C=O) groups excluding carboxylic acids is 1. The van der Waals surface area contributed by atoms with E-state index in [1.165, 1.54) is 0 Å². The fourth-order valence-corrected chi connectivity index (χ4v) is 0. The Balaban J connectivity index is -0.0000000800. The molecule has 5 heteroatoms. The van der Waals surface area contributed by atoms with E-state index in [1.54, 1.807) is 0 Å². The molecular formula is C2H4AlClNO2-2. The van der Waals surface area contributed by atoms with Crippen molar-refractivity contribution in [1.29, 1.82) is 0 Å². The summed E-state index contributed by atoms with van der Waals surface area (Å²) >= 11 is 0. The van der Waals surface area contributed by atoms with E-state index in [4.69, 9.17) is 9.90 Å². The molecule has 0 aliphatic heterocycles. The minimum absolute atomic E-state index is 0. The Morgan fingerprint density at radius 3 is 1.86 bits per heavy atom. The van der Waals surface area contributed by atoms with Gasteiger partial charge in [-0.3, -0.25) is 0 Å². The van der Waals surface area contributed by atoms with Gasteiger partial charge in [0.15, 0.2) is 0 Å². The molecule has 0 aliphatic rings. The van der Waals surface area contributed by atoms with Crippen LogP contribution in [0.2, 0.25) is 0 Å². The number of halogens is 1. The monoisotopic (exact) mass is 136 g/mol. The summed E-state index contributed by atoms with van der Waals surface area (Å²) in [6.07, 6.45) is 0. The Labute approximate surface area is 58.4 Å². The summed E-state index contributed by atoms with van der Waals surface area (Å²) in [6, 6.07) is 0. The quantitative estimate of drug-likeness (QED) is 0.366. The van der Waals surface area contributed by atoms with E-state index >= 15 is 0 Å². The Morgan fingerprint density at radius 2 is 1.86 bits per heavy atom. The molecule has 3 radical (unpaired) electrons. The van der Waals surface area contributed by atoms with Crippen LogP contribution in [0.4, 0.5) is 0 Å². The molecule has 41 valence electrons. The van der Waals surface area contributed by atoms with Crippen molar-refractivity contribution in [2.24, 2.45) is 5.73 Å². The normalized spacial score (nSPS) is 5.29. The smallest absolute Gasteiger partial charge is 0.0550 e. The topological polar surface area (TPSA) is 66.2 Å². The van der Waals surface area contributed by atoms with E-state index in [-0.39, 0.29) is 36.3 Å². The number of rotatable bonds is 1. The molecule has 0 atom stereocenters. The van der Waals surface area contributed by atoms with Crippen molar-refractivity contribution in [3.8, 4) is 0 Å². The zero-order valence-corrected chi connectivity index (χ0v) is 5.47. The maximum absolute atomic E-state index is 9.13. The molecule has 0 unspecified atom stereocenters. The third-order valence-electron chi connectivity index (χ3n) is 0.167. The van der Waals surface area contributed by atoms with E-state index in [0.717, 1.165) is 0 Å². The highest BCUT2D eigenvalue weighted by atomic mass is 35.5. The molecule has 0 saturated carbocycles. The molecule has 7 heavy (non-hydrogen) atoms. The van der Waals surface area contributed by atoms with Gasteiger partial charge in [0.25, 0.3) is 0 Å². The van der Waals surface area contributed by atoms with Crippen molar-refractivity contribution in [1.82, 2.24) is 0 Å². The molecule has 0 spiro atoms. The van der Waals surface area contributed by atoms with Crippen LogP contribution < -0.4 is 23.2 Å². The standard InChI is InChI=1S/C2H5NO2.Al.ClH/c3-1-2(4)5;;/h1,3H2,(H,4,5);;1H/p-2. The first-order valence-corrected chi connectivity index (χ1v) is 1.17. The van der Waals surface area contributed by atoms with Gasteiger partial charge in [0.05, 0.1) is 5.97 Å². The molecule has 0 rings (SSSR count). The number of hydrogen-bond donors (Lipinski definition) is 1. The van der Waals surface area contributed by atoms with Gasteiger partial charge >= 0.3 is 0 Å². The fraction of sp³-hybridized carbons (Fsp3) is 0.500. The molecule has 0 amide bonds. The van der Waals surface area contributed by atoms with Crippen molar-refractivity contribution in [3.63, 3.8) is 0 Å². The van der Waals surface area contributed by atoms with Crippen LogP contribution in [0, 0.1) is 0 Å². The van der Waals surface area contributed by atoms with Crippen LogP contribution in [-0.2, 0) is 4.79 Å². The van der Waals surface area contributed by atoms with Crippen molar-refractivity contribution in [2.75, 3.05) is 6.54 Å². The summed E-state index contributed by atoms with van der Waals surface area (Å²) in [4.78, 5) is 9.13. The number of aliphatic carboxylic acids is 1. The highest BCUT2D eigenvalue weighted by Gasteiger charge is 1.65. The van der Waals surface area contributed by atoms with E-state index in [2.05, 4.69) is 5.73 Å². The lowest BCUT2D eigenvalue weighted by Crippen LogP contribution is -3.00.